The number of hydrogen-bond acceptors (Lipinski definition) is 5. The number of nitrogens with zero attached hydrogens (tertiary/aromatic N) is 3. The van der Waals surface area contributed by atoms with Crippen LogP contribution in [-0.4, -0.2) is 20.8 Å². The van der Waals surface area contributed by atoms with Gasteiger partial charge in [0.05, 0.1) is 10.5 Å². The Hall–Kier alpha value is -2.54. The highest BCUT2D eigenvalue weighted by Crippen LogP contribution is 2.21. The van der Waals surface area contributed by atoms with Gasteiger partial charge in [-0.05, 0) is 18.6 Å². The smallest absolute Gasteiger partial charge is 0.288 e. The average Bonchev–Trinajstić information content (AvgIpc) is 2.41. The molecule has 2 aromatic heterocycles. The van der Waals surface area contributed by atoms with Crippen LogP contribution in [0.2, 0.25) is 5.15 Å². The molecule has 2 rings (SSSR count). The molecule has 0 fully saturated rings. The summed E-state index contributed by atoms with van der Waals surface area (Å²) in [6.07, 6.45) is 4.11. The molecule has 0 aliphatic carbocycles. The van der Waals surface area contributed by atoms with E-state index in [1.54, 1.807) is 19.2 Å². The molecular weight excluding hydrogens is 284 g/mol. The zero-order valence-corrected chi connectivity index (χ0v) is 11.1. The number of nitrogens with one attached hydrogen (secondary N) is 1. The monoisotopic (exact) mass is 292 g/mol. The first-order valence-electron chi connectivity index (χ1n) is 5.51. The first-order valence-corrected chi connectivity index (χ1v) is 5.88. The number of halogens is 1. The van der Waals surface area contributed by atoms with Gasteiger partial charge in [-0.25, -0.2) is 4.98 Å². The minimum absolute atomic E-state index is 0.0583. The van der Waals surface area contributed by atoms with Crippen molar-refractivity contribution in [1.82, 2.24) is 9.97 Å². The lowest BCUT2D eigenvalue weighted by Crippen LogP contribution is -2.14. The van der Waals surface area contributed by atoms with E-state index in [9.17, 15) is 14.9 Å². The maximum Gasteiger partial charge on any atom is 0.288 e. The normalized spacial score (nSPS) is 10.1. The third kappa shape index (κ3) is 2.89. The third-order valence-electron chi connectivity index (χ3n) is 2.55. The summed E-state index contributed by atoms with van der Waals surface area (Å²) in [5.41, 5.74) is 0.950. The van der Waals surface area contributed by atoms with Crippen molar-refractivity contribution in [3.05, 3.63) is 57.1 Å². The van der Waals surface area contributed by atoms with Crippen molar-refractivity contribution in [2.24, 2.45) is 0 Å². The summed E-state index contributed by atoms with van der Waals surface area (Å²) in [4.78, 5) is 29.7. The summed E-state index contributed by atoms with van der Waals surface area (Å²) < 4.78 is 0. The summed E-state index contributed by atoms with van der Waals surface area (Å²) in [6.45, 7) is 1.77. The van der Waals surface area contributed by atoms with Gasteiger partial charge in [0.1, 0.15) is 11.3 Å². The van der Waals surface area contributed by atoms with E-state index in [4.69, 9.17) is 11.6 Å². The molecule has 0 bridgehead atoms. The van der Waals surface area contributed by atoms with Gasteiger partial charge in [-0.3, -0.25) is 19.9 Å². The fraction of sp³-hybridized carbons (Fsp3) is 0.0833. The largest absolute Gasteiger partial charge is 0.322 e. The Kier molecular flexibility index (Phi) is 3.90. The van der Waals surface area contributed by atoms with Crippen LogP contribution in [0.25, 0.3) is 0 Å². The Morgan fingerprint density at radius 2 is 2.20 bits per heavy atom. The molecule has 8 heteroatoms. The molecule has 0 saturated carbocycles. The van der Waals surface area contributed by atoms with E-state index in [1.807, 2.05) is 0 Å². The highest BCUT2D eigenvalue weighted by molar-refractivity contribution is 6.33. The van der Waals surface area contributed by atoms with Crippen molar-refractivity contribution >= 4 is 28.9 Å². The van der Waals surface area contributed by atoms with E-state index in [1.165, 1.54) is 6.20 Å². The molecule has 7 nitrogen and oxygen atoms in total. The minimum Gasteiger partial charge on any atom is -0.322 e. The second-order valence-corrected chi connectivity index (χ2v) is 4.29. The Morgan fingerprint density at radius 3 is 2.85 bits per heavy atom. The molecule has 0 saturated heterocycles. The first-order chi connectivity index (χ1) is 9.49. The zero-order chi connectivity index (χ0) is 14.7. The lowest BCUT2D eigenvalue weighted by molar-refractivity contribution is -0.385. The van der Waals surface area contributed by atoms with Gasteiger partial charge in [0.15, 0.2) is 0 Å². The van der Waals surface area contributed by atoms with E-state index in [0.29, 0.717) is 5.69 Å². The fourth-order valence-corrected chi connectivity index (χ4v) is 1.69. The lowest BCUT2D eigenvalue weighted by Gasteiger charge is -2.08. The minimum atomic E-state index is -0.641. The fourth-order valence-electron chi connectivity index (χ4n) is 1.50. The van der Waals surface area contributed by atoms with Crippen molar-refractivity contribution < 1.29 is 9.72 Å². The van der Waals surface area contributed by atoms with Crippen molar-refractivity contribution in [2.45, 2.75) is 6.92 Å². The Labute approximate surface area is 118 Å². The molecule has 1 N–H and O–H groups in total. The highest BCUT2D eigenvalue weighted by Gasteiger charge is 2.17. The first kappa shape index (κ1) is 13.9. The average molecular weight is 293 g/mol. The van der Waals surface area contributed by atoms with Crippen LogP contribution in [0.1, 0.15) is 15.9 Å². The van der Waals surface area contributed by atoms with Crippen LogP contribution in [0.3, 0.4) is 0 Å². The number of nitro groups is 1. The number of amides is 1. The molecule has 2 aromatic rings. The molecule has 2 heterocycles. The molecule has 0 aliphatic heterocycles. The van der Waals surface area contributed by atoms with Gasteiger partial charge in [-0.1, -0.05) is 11.6 Å². The second-order valence-electron chi connectivity index (χ2n) is 3.93. The Balaban J connectivity index is 2.32. The molecule has 0 radical (unpaired) electrons. The van der Waals surface area contributed by atoms with Crippen LogP contribution in [0.15, 0.2) is 30.7 Å². The molecule has 0 spiro atoms. The number of hydrogen-bond donors (Lipinski definition) is 1. The van der Waals surface area contributed by atoms with Gasteiger partial charge < -0.3 is 5.32 Å². The van der Waals surface area contributed by atoms with Gasteiger partial charge in [-0.15, -0.1) is 0 Å². The number of pyridine rings is 2. The maximum absolute atomic E-state index is 12.1. The second kappa shape index (κ2) is 5.62. The lowest BCUT2D eigenvalue weighted by atomic mass is 10.2. The van der Waals surface area contributed by atoms with Crippen molar-refractivity contribution in [2.75, 3.05) is 5.32 Å². The number of anilines is 1. The summed E-state index contributed by atoms with van der Waals surface area (Å²) in [5, 5.41) is 13.2. The molecule has 1 amide bonds. The molecule has 0 aromatic carbocycles. The highest BCUT2D eigenvalue weighted by atomic mass is 35.5. The topological polar surface area (TPSA) is 98.0 Å². The maximum atomic E-state index is 12.1. The molecular formula is C12H9ClN4O3. The van der Waals surface area contributed by atoms with E-state index in [0.717, 1.165) is 17.8 Å². The van der Waals surface area contributed by atoms with Crippen LogP contribution in [0.4, 0.5) is 11.4 Å². The number of aromatic nitrogens is 2. The number of rotatable bonds is 3. The van der Waals surface area contributed by atoms with Crippen molar-refractivity contribution in [3.63, 3.8) is 0 Å². The van der Waals surface area contributed by atoms with Gasteiger partial charge in [-0.2, -0.15) is 0 Å². The number of aryl methyl sites for hydroxylation is 1. The number of carbonyl (C=O) groups excluding carboxylic acids is 1. The molecule has 0 atom stereocenters. The van der Waals surface area contributed by atoms with Crippen LogP contribution < -0.4 is 5.32 Å². The standard InChI is InChI=1S/C12H9ClN4O3/c1-7-5-14-3-2-10(7)16-12(18)9-4-8(17(19)20)6-15-11(9)13/h2-6H,1H3,(H,14,16,18). The summed E-state index contributed by atoms with van der Waals surface area (Å²) >= 11 is 5.79. The Morgan fingerprint density at radius 1 is 1.45 bits per heavy atom. The summed E-state index contributed by atoms with van der Waals surface area (Å²) in [7, 11) is 0. The Bertz CT molecular complexity index is 690. The molecule has 0 aliphatic rings. The summed E-state index contributed by atoms with van der Waals surface area (Å²) in [6, 6.07) is 2.70. The summed E-state index contributed by atoms with van der Waals surface area (Å²) in [5.74, 6) is -0.569. The zero-order valence-electron chi connectivity index (χ0n) is 10.3. The van der Waals surface area contributed by atoms with E-state index < -0.39 is 10.8 Å². The molecule has 102 valence electrons. The van der Waals surface area contributed by atoms with Crippen LogP contribution >= 0.6 is 11.6 Å². The predicted octanol–water partition coefficient (Wildman–Crippen LogP) is 2.60. The van der Waals surface area contributed by atoms with Crippen molar-refractivity contribution in [3.8, 4) is 0 Å². The van der Waals surface area contributed by atoms with Crippen LogP contribution in [0.5, 0.6) is 0 Å². The van der Waals surface area contributed by atoms with Gasteiger partial charge >= 0.3 is 0 Å². The predicted molar refractivity (Wildman–Crippen MR) is 72.8 cm³/mol. The van der Waals surface area contributed by atoms with Gasteiger partial charge in [0, 0.05) is 24.1 Å². The van der Waals surface area contributed by atoms with Crippen molar-refractivity contribution in [1.29, 1.82) is 0 Å². The van der Waals surface area contributed by atoms with Crippen LogP contribution in [-0.2, 0) is 0 Å². The third-order valence-corrected chi connectivity index (χ3v) is 2.85. The molecule has 20 heavy (non-hydrogen) atoms. The quantitative estimate of drug-likeness (QED) is 0.532. The van der Waals surface area contributed by atoms with E-state index >= 15 is 0 Å². The van der Waals surface area contributed by atoms with Crippen LogP contribution in [0, 0.1) is 17.0 Å². The van der Waals surface area contributed by atoms with E-state index in [2.05, 4.69) is 15.3 Å². The van der Waals surface area contributed by atoms with Gasteiger partial charge in [0.25, 0.3) is 11.6 Å². The SMILES string of the molecule is Cc1cnccc1NC(=O)c1cc([N+](=O)[O-])cnc1Cl. The number of carbonyl (C=O) groups is 1. The molecule has 0 unspecified atom stereocenters. The van der Waals surface area contributed by atoms with E-state index in [-0.39, 0.29) is 16.4 Å². The van der Waals surface area contributed by atoms with Gasteiger partial charge in [0.2, 0.25) is 0 Å².